The van der Waals surface area contributed by atoms with Gasteiger partial charge < -0.3 is 15.5 Å². The molecule has 90 valence electrons. The van der Waals surface area contributed by atoms with E-state index in [1.165, 1.54) is 17.3 Å². The van der Waals surface area contributed by atoms with Crippen molar-refractivity contribution in [1.29, 1.82) is 0 Å². The molecule has 3 nitrogen and oxygen atoms in total. The van der Waals surface area contributed by atoms with Crippen LogP contribution in [0.2, 0.25) is 0 Å². The number of hydrogen-bond acceptors (Lipinski definition) is 4. The van der Waals surface area contributed by atoms with E-state index in [1.54, 1.807) is 0 Å². The molecule has 1 unspecified atom stereocenters. The summed E-state index contributed by atoms with van der Waals surface area (Å²) in [6.45, 7) is 0.644. The first-order valence-corrected chi connectivity index (χ1v) is 6.80. The molecule has 1 aromatic rings. The molecule has 0 radical (unpaired) electrons. The number of thioether (sulfide) groups is 1. The van der Waals surface area contributed by atoms with Crippen LogP contribution in [0.15, 0.2) is 27.6 Å². The molecule has 1 rings (SSSR count). The second-order valence-electron chi connectivity index (χ2n) is 3.44. The maximum atomic E-state index is 9.25. The molecule has 0 saturated heterocycles. The average molecular weight is 306 g/mol. The van der Waals surface area contributed by atoms with Crippen molar-refractivity contribution in [2.45, 2.75) is 17.5 Å². The predicted molar refractivity (Wildman–Crippen MR) is 70.7 cm³/mol. The van der Waals surface area contributed by atoms with E-state index < -0.39 is 6.10 Å². The van der Waals surface area contributed by atoms with E-state index in [-0.39, 0.29) is 6.61 Å². The lowest BCUT2D eigenvalue weighted by atomic mass is 10.2. The quantitative estimate of drug-likeness (QED) is 0.699. The Morgan fingerprint density at radius 3 is 2.81 bits per heavy atom. The van der Waals surface area contributed by atoms with Gasteiger partial charge in [0, 0.05) is 21.7 Å². The van der Waals surface area contributed by atoms with Gasteiger partial charge in [-0.05, 0) is 40.7 Å². The number of hydrogen-bond donors (Lipinski definition) is 3. The lowest BCUT2D eigenvalue weighted by Crippen LogP contribution is -2.14. The third-order valence-corrected chi connectivity index (χ3v) is 4.16. The van der Waals surface area contributed by atoms with Crippen molar-refractivity contribution in [1.82, 2.24) is 5.32 Å². The summed E-state index contributed by atoms with van der Waals surface area (Å²) in [5.41, 5.74) is 1.21. The summed E-state index contributed by atoms with van der Waals surface area (Å²) in [7, 11) is 1.91. The second-order valence-corrected chi connectivity index (χ2v) is 5.36. The molecule has 1 atom stereocenters. The number of nitrogens with one attached hydrogen (secondary N) is 1. The smallest absolute Gasteiger partial charge is 0.0864 e. The van der Waals surface area contributed by atoms with Crippen molar-refractivity contribution in [3.8, 4) is 0 Å². The zero-order valence-corrected chi connectivity index (χ0v) is 11.5. The average Bonchev–Trinajstić information content (AvgIpc) is 2.28. The Bertz CT molecular complexity index is 336. The van der Waals surface area contributed by atoms with Gasteiger partial charge in [0.1, 0.15) is 0 Å². The van der Waals surface area contributed by atoms with E-state index in [0.717, 1.165) is 15.9 Å². The Morgan fingerprint density at radius 1 is 1.50 bits per heavy atom. The van der Waals surface area contributed by atoms with Crippen LogP contribution in [-0.2, 0) is 6.54 Å². The minimum atomic E-state index is -0.658. The molecule has 5 heteroatoms. The molecular formula is C11H16BrNO2S. The summed E-state index contributed by atoms with van der Waals surface area (Å²) >= 11 is 5.03. The molecule has 0 aliphatic rings. The van der Waals surface area contributed by atoms with Crippen molar-refractivity contribution >= 4 is 27.7 Å². The van der Waals surface area contributed by atoms with Crippen LogP contribution in [-0.4, -0.2) is 35.7 Å². The first-order chi connectivity index (χ1) is 7.67. The largest absolute Gasteiger partial charge is 0.394 e. The van der Waals surface area contributed by atoms with Crippen LogP contribution in [0.5, 0.6) is 0 Å². The highest BCUT2D eigenvalue weighted by molar-refractivity contribution is 9.10. The van der Waals surface area contributed by atoms with Crippen LogP contribution >= 0.6 is 27.7 Å². The van der Waals surface area contributed by atoms with Crippen LogP contribution in [0.4, 0.5) is 0 Å². The van der Waals surface area contributed by atoms with Gasteiger partial charge in [-0.15, -0.1) is 11.8 Å². The SMILES string of the molecule is CNCc1ccc(SCC(O)CO)c(Br)c1. The summed E-state index contributed by atoms with van der Waals surface area (Å²) in [6.07, 6.45) is -0.658. The molecule has 0 bridgehead atoms. The normalized spacial score (nSPS) is 12.8. The van der Waals surface area contributed by atoms with Crippen LogP contribution in [0.25, 0.3) is 0 Å². The maximum absolute atomic E-state index is 9.25. The van der Waals surface area contributed by atoms with E-state index >= 15 is 0 Å². The monoisotopic (exact) mass is 305 g/mol. The maximum Gasteiger partial charge on any atom is 0.0864 e. The fourth-order valence-electron chi connectivity index (χ4n) is 1.21. The van der Waals surface area contributed by atoms with E-state index in [2.05, 4.69) is 33.4 Å². The summed E-state index contributed by atoms with van der Waals surface area (Å²) in [5.74, 6) is 0.500. The van der Waals surface area contributed by atoms with E-state index in [9.17, 15) is 5.11 Å². The fraction of sp³-hybridized carbons (Fsp3) is 0.455. The molecule has 1 aromatic carbocycles. The number of aliphatic hydroxyl groups excluding tert-OH is 2. The third-order valence-electron chi connectivity index (χ3n) is 2.02. The van der Waals surface area contributed by atoms with Gasteiger partial charge >= 0.3 is 0 Å². The van der Waals surface area contributed by atoms with Crippen LogP contribution in [0, 0.1) is 0 Å². The van der Waals surface area contributed by atoms with Gasteiger partial charge in [0.15, 0.2) is 0 Å². The van der Waals surface area contributed by atoms with Gasteiger partial charge in [0.2, 0.25) is 0 Å². The minimum Gasteiger partial charge on any atom is -0.394 e. The summed E-state index contributed by atoms with van der Waals surface area (Å²) in [5, 5.41) is 21.1. The highest BCUT2D eigenvalue weighted by Gasteiger charge is 2.06. The summed E-state index contributed by atoms with van der Waals surface area (Å²) in [6, 6.07) is 6.13. The van der Waals surface area contributed by atoms with Crippen molar-refractivity contribution in [2.24, 2.45) is 0 Å². The zero-order chi connectivity index (χ0) is 12.0. The van der Waals surface area contributed by atoms with Crippen LogP contribution in [0.1, 0.15) is 5.56 Å². The van der Waals surface area contributed by atoms with E-state index in [4.69, 9.17) is 5.11 Å². The summed E-state index contributed by atoms with van der Waals surface area (Å²) < 4.78 is 1.02. The van der Waals surface area contributed by atoms with E-state index in [1.807, 2.05) is 13.1 Å². The van der Waals surface area contributed by atoms with Gasteiger partial charge in [0.25, 0.3) is 0 Å². The number of benzene rings is 1. The molecule has 16 heavy (non-hydrogen) atoms. The standard InChI is InChI=1S/C11H16BrNO2S/c1-13-5-8-2-3-11(10(12)4-8)16-7-9(15)6-14/h2-4,9,13-15H,5-7H2,1H3. The lowest BCUT2D eigenvalue weighted by Gasteiger charge is -2.09. The van der Waals surface area contributed by atoms with E-state index in [0.29, 0.717) is 5.75 Å². The fourth-order valence-corrected chi connectivity index (χ4v) is 2.82. The Morgan fingerprint density at radius 2 is 2.25 bits per heavy atom. The van der Waals surface area contributed by atoms with Crippen LogP contribution in [0.3, 0.4) is 0 Å². The number of rotatable bonds is 6. The topological polar surface area (TPSA) is 52.5 Å². The number of aliphatic hydroxyl groups is 2. The zero-order valence-electron chi connectivity index (χ0n) is 9.11. The van der Waals surface area contributed by atoms with Crippen LogP contribution < -0.4 is 5.32 Å². The Labute approximate surface area is 108 Å². The molecule has 0 spiro atoms. The highest BCUT2D eigenvalue weighted by Crippen LogP contribution is 2.28. The Balaban J connectivity index is 2.60. The first kappa shape index (κ1) is 14.0. The third kappa shape index (κ3) is 4.43. The molecular weight excluding hydrogens is 290 g/mol. The first-order valence-electron chi connectivity index (χ1n) is 5.02. The molecule has 0 aliphatic heterocycles. The van der Waals surface area contributed by atoms with Crippen molar-refractivity contribution in [2.75, 3.05) is 19.4 Å². The van der Waals surface area contributed by atoms with Gasteiger partial charge in [-0.3, -0.25) is 0 Å². The van der Waals surface area contributed by atoms with Crippen molar-refractivity contribution in [3.63, 3.8) is 0 Å². The molecule has 0 aliphatic carbocycles. The number of halogens is 1. The van der Waals surface area contributed by atoms with Gasteiger partial charge in [0.05, 0.1) is 12.7 Å². The van der Waals surface area contributed by atoms with Gasteiger partial charge in [-0.25, -0.2) is 0 Å². The Hall–Kier alpha value is -0.0700. The Kier molecular flexibility index (Phi) is 6.38. The second kappa shape index (κ2) is 7.29. The van der Waals surface area contributed by atoms with Gasteiger partial charge in [-0.2, -0.15) is 0 Å². The summed E-state index contributed by atoms with van der Waals surface area (Å²) in [4.78, 5) is 1.08. The molecule has 0 fully saturated rings. The van der Waals surface area contributed by atoms with Crippen molar-refractivity contribution in [3.05, 3.63) is 28.2 Å². The molecule has 3 N–H and O–H groups in total. The molecule has 0 aromatic heterocycles. The molecule has 0 heterocycles. The highest BCUT2D eigenvalue weighted by atomic mass is 79.9. The van der Waals surface area contributed by atoms with Crippen molar-refractivity contribution < 1.29 is 10.2 Å². The minimum absolute atomic E-state index is 0.192. The lowest BCUT2D eigenvalue weighted by molar-refractivity contribution is 0.113. The predicted octanol–water partition coefficient (Wildman–Crippen LogP) is 1.61. The molecule has 0 amide bonds. The van der Waals surface area contributed by atoms with Gasteiger partial charge in [-0.1, -0.05) is 6.07 Å². The molecule has 0 saturated carbocycles.